The van der Waals surface area contributed by atoms with Crippen LogP contribution in [0.25, 0.3) is 11.0 Å². The summed E-state index contributed by atoms with van der Waals surface area (Å²) in [4.78, 5) is 19.2. The van der Waals surface area contributed by atoms with Gasteiger partial charge in [-0.2, -0.15) is 0 Å². The molecule has 21 heavy (non-hydrogen) atoms. The van der Waals surface area contributed by atoms with Crippen LogP contribution in [0.4, 0.5) is 11.6 Å². The van der Waals surface area contributed by atoms with Crippen LogP contribution >= 0.6 is 23.2 Å². The van der Waals surface area contributed by atoms with Crippen molar-refractivity contribution in [2.24, 2.45) is 0 Å². The third-order valence-electron chi connectivity index (χ3n) is 2.93. The largest absolute Gasteiger partial charge is 0.369 e. The second-order valence-corrected chi connectivity index (χ2v) is 5.28. The fourth-order valence-corrected chi connectivity index (χ4v) is 2.35. The Balaban J connectivity index is 1.90. The Bertz CT molecular complexity index is 844. The van der Waals surface area contributed by atoms with Crippen LogP contribution in [0.2, 0.25) is 10.0 Å². The van der Waals surface area contributed by atoms with Gasteiger partial charge >= 0.3 is 0 Å². The molecule has 0 saturated carbocycles. The van der Waals surface area contributed by atoms with Crippen LogP contribution in [-0.2, 0) is 0 Å². The van der Waals surface area contributed by atoms with Crippen LogP contribution in [0.5, 0.6) is 0 Å². The van der Waals surface area contributed by atoms with E-state index in [0.717, 1.165) is 11.0 Å². The van der Waals surface area contributed by atoms with Gasteiger partial charge in [0.15, 0.2) is 5.95 Å². The minimum Gasteiger partial charge on any atom is -0.369 e. The average Bonchev–Trinajstić information content (AvgIpc) is 2.80. The number of anilines is 2. The number of aromatic nitrogens is 2. The molecule has 0 spiro atoms. The van der Waals surface area contributed by atoms with Crippen molar-refractivity contribution >= 4 is 51.8 Å². The molecule has 1 aromatic heterocycles. The van der Waals surface area contributed by atoms with Crippen molar-refractivity contribution in [3.05, 3.63) is 52.0 Å². The molecule has 1 heterocycles. The van der Waals surface area contributed by atoms with Crippen molar-refractivity contribution < 1.29 is 4.79 Å². The van der Waals surface area contributed by atoms with Crippen molar-refractivity contribution in [2.45, 2.75) is 0 Å². The summed E-state index contributed by atoms with van der Waals surface area (Å²) >= 11 is 11.9. The summed E-state index contributed by atoms with van der Waals surface area (Å²) in [6, 6.07) is 9.97. The van der Waals surface area contributed by atoms with E-state index in [1.54, 1.807) is 30.3 Å². The number of hydrogen-bond acceptors (Lipinski definition) is 3. The van der Waals surface area contributed by atoms with Crippen LogP contribution in [-0.4, -0.2) is 15.9 Å². The number of fused-ring (bicyclic) bond motifs is 1. The minimum absolute atomic E-state index is 0.313. The quantitative estimate of drug-likeness (QED) is 0.673. The van der Waals surface area contributed by atoms with Crippen LogP contribution in [0.1, 0.15) is 10.4 Å². The summed E-state index contributed by atoms with van der Waals surface area (Å²) in [6.45, 7) is 0. The molecule has 4 N–H and O–H groups in total. The second-order valence-electron chi connectivity index (χ2n) is 4.43. The maximum atomic E-state index is 12.2. The number of imidazole rings is 1. The summed E-state index contributed by atoms with van der Waals surface area (Å²) in [5.74, 6) is -0.0132. The number of carbonyl (C=O) groups excluding carboxylic acids is 1. The summed E-state index contributed by atoms with van der Waals surface area (Å²) in [7, 11) is 0. The van der Waals surface area contributed by atoms with Gasteiger partial charge in [0.1, 0.15) is 0 Å². The van der Waals surface area contributed by atoms with Gasteiger partial charge in [0.05, 0.1) is 21.6 Å². The Kier molecular flexibility index (Phi) is 3.45. The number of benzene rings is 2. The Morgan fingerprint density at radius 3 is 2.81 bits per heavy atom. The van der Waals surface area contributed by atoms with Gasteiger partial charge in [0.2, 0.25) is 0 Å². The Morgan fingerprint density at radius 2 is 2.00 bits per heavy atom. The summed E-state index contributed by atoms with van der Waals surface area (Å²) in [5.41, 5.74) is 7.97. The molecular formula is C14H10Cl2N4O. The first-order chi connectivity index (χ1) is 10.0. The molecule has 7 heteroatoms. The van der Waals surface area contributed by atoms with Crippen LogP contribution in [0, 0.1) is 0 Å². The smallest absolute Gasteiger partial charge is 0.257 e. The highest BCUT2D eigenvalue weighted by Crippen LogP contribution is 2.23. The Morgan fingerprint density at radius 1 is 1.19 bits per heavy atom. The van der Waals surface area contributed by atoms with E-state index in [0.29, 0.717) is 27.2 Å². The lowest BCUT2D eigenvalue weighted by atomic mass is 10.2. The first-order valence-corrected chi connectivity index (χ1v) is 6.80. The van der Waals surface area contributed by atoms with Crippen LogP contribution in [0.3, 0.4) is 0 Å². The lowest BCUT2D eigenvalue weighted by molar-refractivity contribution is 0.102. The molecule has 0 fully saturated rings. The molecule has 0 radical (unpaired) electrons. The van der Waals surface area contributed by atoms with Crippen molar-refractivity contribution in [3.8, 4) is 0 Å². The van der Waals surface area contributed by atoms with Gasteiger partial charge in [-0.25, -0.2) is 4.98 Å². The van der Waals surface area contributed by atoms with Crippen LogP contribution < -0.4 is 11.1 Å². The zero-order valence-corrected chi connectivity index (χ0v) is 12.2. The molecule has 3 aromatic rings. The third kappa shape index (κ3) is 2.79. The van der Waals surface area contributed by atoms with Gasteiger partial charge in [0.25, 0.3) is 5.91 Å². The molecule has 0 aliphatic rings. The number of H-pyrrole nitrogens is 1. The maximum Gasteiger partial charge on any atom is 0.257 e. The van der Waals surface area contributed by atoms with E-state index in [1.807, 2.05) is 0 Å². The highest BCUT2D eigenvalue weighted by molar-refractivity contribution is 6.36. The molecule has 2 aromatic carbocycles. The summed E-state index contributed by atoms with van der Waals surface area (Å²) in [6.07, 6.45) is 0. The number of nitrogen functional groups attached to an aromatic ring is 1. The van der Waals surface area contributed by atoms with Gasteiger partial charge in [-0.3, -0.25) is 4.79 Å². The van der Waals surface area contributed by atoms with E-state index in [9.17, 15) is 4.79 Å². The van der Waals surface area contributed by atoms with Crippen molar-refractivity contribution in [1.29, 1.82) is 0 Å². The third-order valence-corrected chi connectivity index (χ3v) is 3.50. The van der Waals surface area contributed by atoms with E-state index >= 15 is 0 Å². The molecule has 0 bridgehead atoms. The van der Waals surface area contributed by atoms with Gasteiger partial charge in [-0.15, -0.1) is 0 Å². The predicted octanol–water partition coefficient (Wildman–Crippen LogP) is 3.70. The fraction of sp³-hybridized carbons (Fsp3) is 0. The van der Waals surface area contributed by atoms with E-state index in [1.165, 1.54) is 6.07 Å². The van der Waals surface area contributed by atoms with Crippen molar-refractivity contribution in [2.75, 3.05) is 11.1 Å². The Labute approximate surface area is 130 Å². The van der Waals surface area contributed by atoms with Gasteiger partial charge in [0, 0.05) is 10.7 Å². The zero-order chi connectivity index (χ0) is 15.0. The number of aromatic amines is 1. The normalized spacial score (nSPS) is 10.8. The first kappa shape index (κ1) is 13.7. The zero-order valence-electron chi connectivity index (χ0n) is 10.7. The number of nitrogens with two attached hydrogens (primary N) is 1. The number of carbonyl (C=O) groups is 1. The van der Waals surface area contributed by atoms with E-state index in [4.69, 9.17) is 28.9 Å². The minimum atomic E-state index is -0.339. The number of halogens is 2. The molecule has 0 aliphatic heterocycles. The van der Waals surface area contributed by atoms with Gasteiger partial charge in [-0.05, 0) is 36.4 Å². The van der Waals surface area contributed by atoms with Gasteiger partial charge in [-0.1, -0.05) is 23.2 Å². The average molecular weight is 321 g/mol. The fourth-order valence-electron chi connectivity index (χ4n) is 1.98. The molecule has 1 amide bonds. The molecule has 0 unspecified atom stereocenters. The van der Waals surface area contributed by atoms with Crippen molar-refractivity contribution in [1.82, 2.24) is 9.97 Å². The van der Waals surface area contributed by atoms with E-state index < -0.39 is 0 Å². The molecule has 0 aliphatic carbocycles. The number of hydrogen-bond donors (Lipinski definition) is 3. The number of rotatable bonds is 2. The van der Waals surface area contributed by atoms with Gasteiger partial charge < -0.3 is 16.0 Å². The predicted molar refractivity (Wildman–Crippen MR) is 84.9 cm³/mol. The van der Waals surface area contributed by atoms with E-state index in [2.05, 4.69) is 15.3 Å². The maximum absolute atomic E-state index is 12.2. The number of nitrogens with one attached hydrogen (secondary N) is 2. The SMILES string of the molecule is Nc1nc2ccc(NC(=O)c3cc(Cl)ccc3Cl)cc2[nH]1. The lowest BCUT2D eigenvalue weighted by Gasteiger charge is -2.07. The summed E-state index contributed by atoms with van der Waals surface area (Å²) in [5, 5.41) is 3.54. The van der Waals surface area contributed by atoms with E-state index in [-0.39, 0.29) is 5.91 Å². The second kappa shape index (κ2) is 5.27. The summed E-state index contributed by atoms with van der Waals surface area (Å²) < 4.78 is 0. The molecule has 0 saturated heterocycles. The van der Waals surface area contributed by atoms with Crippen molar-refractivity contribution in [3.63, 3.8) is 0 Å². The highest BCUT2D eigenvalue weighted by Gasteiger charge is 2.12. The van der Waals surface area contributed by atoms with Crippen LogP contribution in [0.15, 0.2) is 36.4 Å². The standard InChI is InChI=1S/C14H10Cl2N4O/c15-7-1-3-10(16)9(5-7)13(21)18-8-2-4-11-12(6-8)20-14(17)19-11/h1-6H,(H,18,21)(H3,17,19,20). The molecule has 3 rings (SSSR count). The molecule has 5 nitrogen and oxygen atoms in total. The monoisotopic (exact) mass is 320 g/mol. The number of nitrogens with zero attached hydrogens (tertiary/aromatic N) is 1. The first-order valence-electron chi connectivity index (χ1n) is 6.04. The number of amides is 1. The highest BCUT2D eigenvalue weighted by atomic mass is 35.5. The molecule has 0 atom stereocenters. The topological polar surface area (TPSA) is 83.8 Å². The molecule has 106 valence electrons. The Hall–Kier alpha value is -2.24. The molecular weight excluding hydrogens is 311 g/mol. The lowest BCUT2D eigenvalue weighted by Crippen LogP contribution is -2.12.